The van der Waals surface area contributed by atoms with E-state index in [1.165, 1.54) is 0 Å². The molecule has 0 fully saturated rings. The molecule has 0 saturated carbocycles. The molecule has 0 aliphatic heterocycles. The second-order valence-electron chi connectivity index (χ2n) is 5.18. The molecule has 2 atom stereocenters. The lowest BCUT2D eigenvalue weighted by Gasteiger charge is -2.35. The highest BCUT2D eigenvalue weighted by Gasteiger charge is 2.37. The Labute approximate surface area is 114 Å². The summed E-state index contributed by atoms with van der Waals surface area (Å²) in [6.07, 6.45) is 3.51. The highest BCUT2D eigenvalue weighted by Crippen LogP contribution is 2.37. The molecule has 0 unspecified atom stereocenters. The van der Waals surface area contributed by atoms with Crippen molar-refractivity contribution in [3.05, 3.63) is 60.2 Å². The van der Waals surface area contributed by atoms with E-state index in [1.54, 1.807) is 12.4 Å². The minimum Gasteiger partial charge on any atom is -0.389 e. The van der Waals surface area contributed by atoms with Crippen LogP contribution in [-0.4, -0.2) is 20.7 Å². The number of nitrogens with zero attached hydrogens (tertiary/aromatic N) is 2. The van der Waals surface area contributed by atoms with Gasteiger partial charge in [0.05, 0.1) is 5.60 Å². The minimum absolute atomic E-state index is 0.0642. The van der Waals surface area contributed by atoms with E-state index in [1.807, 2.05) is 57.2 Å². The van der Waals surface area contributed by atoms with Crippen molar-refractivity contribution in [3.63, 3.8) is 0 Å². The molecule has 0 aliphatic carbocycles. The van der Waals surface area contributed by atoms with Crippen LogP contribution >= 0.6 is 0 Å². The van der Waals surface area contributed by atoms with Gasteiger partial charge in [0.1, 0.15) is 0 Å². The third-order valence-electron chi connectivity index (χ3n) is 4.02. The van der Waals surface area contributed by atoms with Crippen LogP contribution in [0.2, 0.25) is 0 Å². The molecule has 100 valence electrons. The van der Waals surface area contributed by atoms with Crippen LogP contribution < -0.4 is 0 Å². The number of hydrogen-bond donors (Lipinski definition) is 1. The van der Waals surface area contributed by atoms with Crippen molar-refractivity contribution >= 4 is 0 Å². The lowest BCUT2D eigenvalue weighted by Crippen LogP contribution is -2.37. The summed E-state index contributed by atoms with van der Waals surface area (Å²) in [5, 5.41) is 10.9. The standard InChI is InChI=1S/C16H20N2O/c1-12(14-8-4-6-10-17-14)16(3,19)13(2)15-9-5-7-11-18-15/h4-13,19H,1-3H3/t12-,13-/m1/s1. The van der Waals surface area contributed by atoms with E-state index in [2.05, 4.69) is 9.97 Å². The van der Waals surface area contributed by atoms with Gasteiger partial charge in [-0.25, -0.2) is 0 Å². The first-order valence-electron chi connectivity index (χ1n) is 6.57. The van der Waals surface area contributed by atoms with Gasteiger partial charge in [-0.05, 0) is 31.2 Å². The van der Waals surface area contributed by atoms with Gasteiger partial charge in [-0.15, -0.1) is 0 Å². The highest BCUT2D eigenvalue weighted by atomic mass is 16.3. The zero-order valence-corrected chi connectivity index (χ0v) is 11.6. The number of aromatic nitrogens is 2. The van der Waals surface area contributed by atoms with Crippen LogP contribution in [0.3, 0.4) is 0 Å². The number of aliphatic hydroxyl groups is 1. The predicted molar refractivity (Wildman–Crippen MR) is 75.9 cm³/mol. The maximum atomic E-state index is 10.9. The SMILES string of the molecule is C[C@H](c1ccccn1)C(C)(O)[C@H](C)c1ccccn1. The second-order valence-corrected chi connectivity index (χ2v) is 5.18. The zero-order chi connectivity index (χ0) is 13.9. The van der Waals surface area contributed by atoms with Gasteiger partial charge in [0, 0.05) is 35.6 Å². The average Bonchev–Trinajstić information content (AvgIpc) is 2.47. The Morgan fingerprint density at radius 1 is 0.895 bits per heavy atom. The van der Waals surface area contributed by atoms with Crippen molar-refractivity contribution in [2.75, 3.05) is 0 Å². The van der Waals surface area contributed by atoms with Gasteiger partial charge < -0.3 is 5.11 Å². The number of rotatable bonds is 4. The summed E-state index contributed by atoms with van der Waals surface area (Å²) in [6, 6.07) is 11.6. The van der Waals surface area contributed by atoms with E-state index >= 15 is 0 Å². The smallest absolute Gasteiger partial charge is 0.0780 e. The maximum absolute atomic E-state index is 10.9. The molecule has 0 saturated heterocycles. The lowest BCUT2D eigenvalue weighted by molar-refractivity contribution is 0.0109. The molecule has 2 aromatic heterocycles. The summed E-state index contributed by atoms with van der Waals surface area (Å²) in [4.78, 5) is 8.68. The van der Waals surface area contributed by atoms with Crippen LogP contribution in [0.15, 0.2) is 48.8 Å². The van der Waals surface area contributed by atoms with Crippen LogP contribution in [0, 0.1) is 0 Å². The average molecular weight is 256 g/mol. The number of pyridine rings is 2. The van der Waals surface area contributed by atoms with Gasteiger partial charge in [-0.1, -0.05) is 26.0 Å². The summed E-state index contributed by atoms with van der Waals surface area (Å²) >= 11 is 0. The molecule has 19 heavy (non-hydrogen) atoms. The Morgan fingerprint density at radius 3 is 1.63 bits per heavy atom. The Bertz CT molecular complexity index is 463. The van der Waals surface area contributed by atoms with Crippen molar-refractivity contribution in [1.29, 1.82) is 0 Å². The molecule has 0 bridgehead atoms. The molecule has 2 aromatic rings. The largest absolute Gasteiger partial charge is 0.389 e. The van der Waals surface area contributed by atoms with Gasteiger partial charge in [0.25, 0.3) is 0 Å². The van der Waals surface area contributed by atoms with Gasteiger partial charge in [0.15, 0.2) is 0 Å². The summed E-state index contributed by atoms with van der Waals surface area (Å²) in [5.74, 6) is -0.128. The quantitative estimate of drug-likeness (QED) is 0.914. The molecule has 2 rings (SSSR count). The zero-order valence-electron chi connectivity index (χ0n) is 11.6. The van der Waals surface area contributed by atoms with Gasteiger partial charge >= 0.3 is 0 Å². The predicted octanol–water partition coefficient (Wildman–Crippen LogP) is 3.13. The van der Waals surface area contributed by atoms with Gasteiger partial charge in [-0.3, -0.25) is 9.97 Å². The maximum Gasteiger partial charge on any atom is 0.0780 e. The van der Waals surface area contributed by atoms with E-state index in [-0.39, 0.29) is 11.8 Å². The van der Waals surface area contributed by atoms with Gasteiger partial charge in [0.2, 0.25) is 0 Å². The van der Waals surface area contributed by atoms with Crippen LogP contribution in [0.4, 0.5) is 0 Å². The first kappa shape index (κ1) is 13.7. The normalized spacial score (nSPS) is 14.9. The van der Waals surface area contributed by atoms with Crippen molar-refractivity contribution in [2.45, 2.75) is 38.2 Å². The molecule has 3 heteroatoms. The summed E-state index contributed by atoms with van der Waals surface area (Å²) in [6.45, 7) is 5.86. The Hall–Kier alpha value is -1.74. The monoisotopic (exact) mass is 256 g/mol. The van der Waals surface area contributed by atoms with Crippen molar-refractivity contribution < 1.29 is 5.11 Å². The molecule has 0 aliphatic rings. The topological polar surface area (TPSA) is 46.0 Å². The fourth-order valence-electron chi connectivity index (χ4n) is 2.24. The summed E-state index contributed by atoms with van der Waals surface area (Å²) < 4.78 is 0. The summed E-state index contributed by atoms with van der Waals surface area (Å²) in [5.41, 5.74) is 0.897. The van der Waals surface area contributed by atoms with E-state index in [9.17, 15) is 5.11 Å². The summed E-state index contributed by atoms with van der Waals surface area (Å²) in [7, 11) is 0. The van der Waals surface area contributed by atoms with Crippen LogP contribution in [0.25, 0.3) is 0 Å². The molecule has 0 spiro atoms. The molecule has 0 amide bonds. The van der Waals surface area contributed by atoms with Crippen LogP contribution in [0.5, 0.6) is 0 Å². The first-order chi connectivity index (χ1) is 9.03. The van der Waals surface area contributed by atoms with E-state index < -0.39 is 5.60 Å². The van der Waals surface area contributed by atoms with E-state index in [0.717, 1.165) is 11.4 Å². The molecular formula is C16H20N2O. The molecule has 2 heterocycles. The van der Waals surface area contributed by atoms with Crippen molar-refractivity contribution in [3.8, 4) is 0 Å². The fraction of sp³-hybridized carbons (Fsp3) is 0.375. The molecule has 0 aromatic carbocycles. The molecule has 0 radical (unpaired) electrons. The van der Waals surface area contributed by atoms with Crippen molar-refractivity contribution in [2.24, 2.45) is 0 Å². The third-order valence-corrected chi connectivity index (χ3v) is 4.02. The minimum atomic E-state index is -0.900. The Morgan fingerprint density at radius 2 is 1.32 bits per heavy atom. The fourth-order valence-corrected chi connectivity index (χ4v) is 2.24. The van der Waals surface area contributed by atoms with Crippen molar-refractivity contribution in [1.82, 2.24) is 9.97 Å². The third kappa shape index (κ3) is 2.82. The highest BCUT2D eigenvalue weighted by molar-refractivity contribution is 5.20. The van der Waals surface area contributed by atoms with E-state index in [4.69, 9.17) is 0 Å². The molecule has 1 N–H and O–H groups in total. The van der Waals surface area contributed by atoms with E-state index in [0.29, 0.717) is 0 Å². The Balaban J connectivity index is 2.27. The second kappa shape index (κ2) is 5.49. The van der Waals surface area contributed by atoms with Gasteiger partial charge in [-0.2, -0.15) is 0 Å². The van der Waals surface area contributed by atoms with Crippen LogP contribution in [0.1, 0.15) is 44.0 Å². The van der Waals surface area contributed by atoms with Crippen LogP contribution in [-0.2, 0) is 0 Å². The molecular weight excluding hydrogens is 236 g/mol. The number of hydrogen-bond acceptors (Lipinski definition) is 3. The molecule has 3 nitrogen and oxygen atoms in total. The first-order valence-corrected chi connectivity index (χ1v) is 6.57. The Kier molecular flexibility index (Phi) is 3.96. The lowest BCUT2D eigenvalue weighted by atomic mass is 9.77.